The normalized spacial score (nSPS) is 12.4. The Morgan fingerprint density at radius 1 is 0.660 bits per heavy atom. The Kier molecular flexibility index (Phi) is 13.7. The predicted octanol–water partition coefficient (Wildman–Crippen LogP) is -0.128. The molecule has 270 valence electrons. The van der Waals surface area contributed by atoms with Crippen molar-refractivity contribution in [3.8, 4) is 0 Å². The number of carbonyl (C=O) groups excluding carboxylic acids is 6. The lowest BCUT2D eigenvalue weighted by molar-refractivity contribution is -0.140. The van der Waals surface area contributed by atoms with Crippen molar-refractivity contribution in [2.24, 2.45) is 28.7 Å². The number of methoxy groups -OCH3 is 2. The number of esters is 6. The van der Waals surface area contributed by atoms with E-state index in [0.717, 1.165) is 32.4 Å². The third-order valence-corrected chi connectivity index (χ3v) is 7.24. The van der Waals surface area contributed by atoms with E-state index < -0.39 is 65.9 Å². The van der Waals surface area contributed by atoms with Crippen LogP contribution in [-0.2, 0) is 43.4 Å². The van der Waals surface area contributed by atoms with Gasteiger partial charge in [-0.15, -0.1) is 0 Å². The highest BCUT2D eigenvalue weighted by molar-refractivity contribution is 6.04. The molecule has 0 amide bonds. The average molecular weight is 700 g/mol. The molecular formula is C33H41N5O12. The van der Waals surface area contributed by atoms with Gasteiger partial charge in [-0.05, 0) is 49.2 Å². The highest BCUT2D eigenvalue weighted by Crippen LogP contribution is 2.44. The molecule has 17 heteroatoms. The molecule has 0 saturated carbocycles. The van der Waals surface area contributed by atoms with Crippen LogP contribution < -0.4 is 28.7 Å². The van der Waals surface area contributed by atoms with Crippen molar-refractivity contribution < 1.29 is 57.2 Å². The number of benzene rings is 2. The highest BCUT2D eigenvalue weighted by Gasteiger charge is 2.57. The van der Waals surface area contributed by atoms with Crippen LogP contribution in [0.25, 0.3) is 0 Å². The van der Waals surface area contributed by atoms with Gasteiger partial charge in [0.15, 0.2) is 0 Å². The Morgan fingerprint density at radius 3 is 1.40 bits per heavy atom. The van der Waals surface area contributed by atoms with Crippen molar-refractivity contribution in [1.82, 2.24) is 0 Å². The van der Waals surface area contributed by atoms with Gasteiger partial charge in [0.1, 0.15) is 32.2 Å². The van der Waals surface area contributed by atoms with Gasteiger partial charge in [0.2, 0.25) is 0 Å². The van der Waals surface area contributed by atoms with E-state index in [0.29, 0.717) is 0 Å². The molecular weight excluding hydrogens is 658 g/mol. The van der Waals surface area contributed by atoms with E-state index in [9.17, 15) is 28.8 Å². The van der Waals surface area contributed by atoms with Crippen LogP contribution in [0, 0.1) is 0 Å². The fourth-order valence-electron chi connectivity index (χ4n) is 5.11. The summed E-state index contributed by atoms with van der Waals surface area (Å²) in [5, 5.41) is 0. The molecule has 0 bridgehead atoms. The highest BCUT2D eigenvalue weighted by atomic mass is 16.6. The van der Waals surface area contributed by atoms with Crippen molar-refractivity contribution in [1.29, 1.82) is 0 Å². The van der Waals surface area contributed by atoms with Gasteiger partial charge in [-0.25, -0.2) is 28.8 Å². The zero-order chi connectivity index (χ0) is 38.0. The molecule has 0 saturated heterocycles. The number of carbonyl (C=O) groups is 6. The van der Waals surface area contributed by atoms with Gasteiger partial charge in [0, 0.05) is 11.6 Å². The Morgan fingerprint density at radius 2 is 1.06 bits per heavy atom. The SMILES string of the molecule is C=CC(=O)OCCOC(=O)c1cc(C(c2ccc(C(=O)OC)c(C(=O)OCCOC(=O)C(=C)C)c2)(C(C)(N)N)C(N)(N)N)ccc1C(=O)OC. The molecule has 0 fully saturated rings. The zero-order valence-electron chi connectivity index (χ0n) is 28.1. The molecule has 10 N–H and O–H groups in total. The quantitative estimate of drug-likeness (QED) is 0.0501. The van der Waals surface area contributed by atoms with Crippen molar-refractivity contribution in [2.45, 2.75) is 30.7 Å². The van der Waals surface area contributed by atoms with Crippen LogP contribution in [0.4, 0.5) is 0 Å². The molecule has 0 aromatic heterocycles. The maximum atomic E-state index is 13.4. The lowest BCUT2D eigenvalue weighted by Gasteiger charge is -2.52. The Balaban J connectivity index is 2.83. The van der Waals surface area contributed by atoms with Crippen molar-refractivity contribution in [3.63, 3.8) is 0 Å². The minimum atomic E-state index is -2.41. The first-order chi connectivity index (χ1) is 23.3. The van der Waals surface area contributed by atoms with Gasteiger partial charge in [0.05, 0.1) is 47.6 Å². The molecule has 2 aromatic rings. The van der Waals surface area contributed by atoms with Crippen LogP contribution in [0.1, 0.15) is 66.4 Å². The third kappa shape index (κ3) is 8.95. The predicted molar refractivity (Wildman–Crippen MR) is 176 cm³/mol. The van der Waals surface area contributed by atoms with E-state index in [1.807, 2.05) is 0 Å². The summed E-state index contributed by atoms with van der Waals surface area (Å²) in [7, 11) is 2.17. The summed E-state index contributed by atoms with van der Waals surface area (Å²) in [6, 6.07) is 7.27. The van der Waals surface area contributed by atoms with E-state index >= 15 is 0 Å². The van der Waals surface area contributed by atoms with Crippen LogP contribution in [0.3, 0.4) is 0 Å². The van der Waals surface area contributed by atoms with E-state index in [1.54, 1.807) is 0 Å². The summed E-state index contributed by atoms with van der Waals surface area (Å²) in [6.07, 6.45) is 0.917. The third-order valence-electron chi connectivity index (χ3n) is 7.24. The second-order valence-electron chi connectivity index (χ2n) is 11.0. The van der Waals surface area contributed by atoms with E-state index in [1.165, 1.54) is 38.1 Å². The van der Waals surface area contributed by atoms with E-state index in [-0.39, 0.29) is 52.2 Å². The van der Waals surface area contributed by atoms with Gasteiger partial charge in [-0.3, -0.25) is 0 Å². The van der Waals surface area contributed by atoms with Crippen LogP contribution in [0.5, 0.6) is 0 Å². The van der Waals surface area contributed by atoms with Crippen molar-refractivity contribution >= 4 is 35.8 Å². The van der Waals surface area contributed by atoms with Gasteiger partial charge < -0.3 is 57.1 Å². The van der Waals surface area contributed by atoms with Gasteiger partial charge in [0.25, 0.3) is 0 Å². The summed E-state index contributed by atoms with van der Waals surface area (Å²) in [5.41, 5.74) is 27.0. The lowest BCUT2D eigenvalue weighted by Crippen LogP contribution is -2.82. The molecule has 0 radical (unpaired) electrons. The second kappa shape index (κ2) is 16.8. The largest absolute Gasteiger partial charge is 0.465 e. The first-order valence-corrected chi connectivity index (χ1v) is 14.6. The monoisotopic (exact) mass is 699 g/mol. The first kappa shape index (κ1) is 40.7. The van der Waals surface area contributed by atoms with E-state index in [2.05, 4.69) is 13.2 Å². The minimum absolute atomic E-state index is 0.0488. The first-order valence-electron chi connectivity index (χ1n) is 14.6. The smallest absolute Gasteiger partial charge is 0.339 e. The van der Waals surface area contributed by atoms with Crippen LogP contribution >= 0.6 is 0 Å². The standard InChI is InChI=1S/C33H41N5O12/c1-7-25(39)47-12-13-49-29(43)23-16-19(8-10-21(23)27(41)45-5)32(31(4,34)35,33(36,37)38)20-9-11-22(28(42)46-6)24(17-20)30(44)50-15-14-48-26(40)18(2)3/h7-11,16-17H,1-2,12-15,34-38H2,3-6H3. The van der Waals surface area contributed by atoms with Crippen molar-refractivity contribution in [3.05, 3.63) is 94.6 Å². The molecule has 50 heavy (non-hydrogen) atoms. The molecule has 0 spiro atoms. The van der Waals surface area contributed by atoms with Crippen LogP contribution in [0.2, 0.25) is 0 Å². The molecule has 2 aromatic carbocycles. The molecule has 1 atom stereocenters. The maximum Gasteiger partial charge on any atom is 0.339 e. The Labute approximate surface area is 287 Å². The fraction of sp³-hybridized carbons (Fsp3) is 0.333. The molecule has 17 nitrogen and oxygen atoms in total. The minimum Gasteiger partial charge on any atom is -0.465 e. The number of hydrogen-bond acceptors (Lipinski definition) is 17. The topological polar surface area (TPSA) is 288 Å². The summed E-state index contributed by atoms with van der Waals surface area (Å²) in [5.74, 6) is -7.89. The summed E-state index contributed by atoms with van der Waals surface area (Å²) >= 11 is 0. The molecule has 1 unspecified atom stereocenters. The van der Waals surface area contributed by atoms with Gasteiger partial charge in [-0.2, -0.15) is 0 Å². The lowest BCUT2D eigenvalue weighted by atomic mass is 9.61. The number of ether oxygens (including phenoxy) is 6. The van der Waals surface area contributed by atoms with Gasteiger partial charge >= 0.3 is 35.8 Å². The summed E-state index contributed by atoms with van der Waals surface area (Å²) in [6.45, 7) is 7.96. The number of rotatable bonds is 16. The maximum absolute atomic E-state index is 13.4. The van der Waals surface area contributed by atoms with Crippen LogP contribution in [-0.4, -0.2) is 87.9 Å². The molecule has 0 aliphatic carbocycles. The Bertz CT molecular complexity index is 1660. The average Bonchev–Trinajstić information content (AvgIpc) is 3.06. The zero-order valence-corrected chi connectivity index (χ0v) is 28.1. The molecule has 0 aliphatic heterocycles. The summed E-state index contributed by atoms with van der Waals surface area (Å²) in [4.78, 5) is 75.2. The summed E-state index contributed by atoms with van der Waals surface area (Å²) < 4.78 is 29.9. The van der Waals surface area contributed by atoms with E-state index in [4.69, 9.17) is 57.1 Å². The number of hydrogen-bond donors (Lipinski definition) is 5. The van der Waals surface area contributed by atoms with Gasteiger partial charge in [-0.1, -0.05) is 25.3 Å². The number of nitrogens with two attached hydrogens (primary N) is 5. The van der Waals surface area contributed by atoms with Crippen LogP contribution in [0.15, 0.2) is 61.2 Å². The Hall–Kier alpha value is -5.46. The molecule has 2 rings (SSSR count). The second-order valence-corrected chi connectivity index (χ2v) is 11.0. The fourth-order valence-corrected chi connectivity index (χ4v) is 5.11. The van der Waals surface area contributed by atoms with Crippen molar-refractivity contribution in [2.75, 3.05) is 40.6 Å². The molecule has 0 heterocycles. The molecule has 0 aliphatic rings.